The first kappa shape index (κ1) is 18.6. The van der Waals surface area contributed by atoms with Gasteiger partial charge in [0.2, 0.25) is 5.82 Å². The second-order valence-corrected chi connectivity index (χ2v) is 7.24. The molecule has 0 fully saturated rings. The third-order valence-electron chi connectivity index (χ3n) is 2.34. The third kappa shape index (κ3) is 6.46. The lowest BCUT2D eigenvalue weighted by Gasteiger charge is -2.31. The average Bonchev–Trinajstić information content (AvgIpc) is 2.34. The van der Waals surface area contributed by atoms with E-state index in [0.29, 0.717) is 0 Å². The Hall–Kier alpha value is -2.43. The predicted octanol–water partition coefficient (Wildman–Crippen LogP) is 2.78. The molecule has 0 aromatic carbocycles. The number of nitriles is 1. The van der Waals surface area contributed by atoms with Crippen molar-refractivity contribution >= 4 is 11.9 Å². The quantitative estimate of drug-likeness (QED) is 0.860. The molecule has 0 aliphatic heterocycles. The van der Waals surface area contributed by atoms with Crippen LogP contribution in [0.3, 0.4) is 0 Å². The van der Waals surface area contributed by atoms with Crippen LogP contribution in [-0.2, 0) is 4.74 Å². The van der Waals surface area contributed by atoms with Gasteiger partial charge in [-0.3, -0.25) is 5.01 Å². The van der Waals surface area contributed by atoms with Gasteiger partial charge in [-0.1, -0.05) is 20.8 Å². The largest absolute Gasteiger partial charge is 0.443 e. The Bertz CT molecular complexity index is 614. The highest BCUT2D eigenvalue weighted by Gasteiger charge is 2.25. The minimum atomic E-state index is -0.746. The van der Waals surface area contributed by atoms with E-state index >= 15 is 0 Å². The summed E-state index contributed by atoms with van der Waals surface area (Å²) in [5.74, 6) is -1.12. The number of hydrogen-bond acceptors (Lipinski definition) is 6. The topological polar surface area (TPSA) is 91.1 Å². The molecule has 23 heavy (non-hydrogen) atoms. The molecule has 1 heterocycles. The van der Waals surface area contributed by atoms with Gasteiger partial charge in [-0.2, -0.15) is 10.2 Å². The van der Waals surface area contributed by atoms with Gasteiger partial charge in [-0.15, -0.1) is 0 Å². The number of nitrogens with one attached hydrogen (secondary N) is 1. The van der Waals surface area contributed by atoms with Crippen LogP contribution in [0.4, 0.5) is 15.0 Å². The summed E-state index contributed by atoms with van der Waals surface area (Å²) < 4.78 is 19.2. The number of aromatic nitrogens is 2. The van der Waals surface area contributed by atoms with Crippen molar-refractivity contribution in [2.45, 2.75) is 47.1 Å². The van der Waals surface area contributed by atoms with Crippen molar-refractivity contribution < 1.29 is 13.9 Å². The van der Waals surface area contributed by atoms with E-state index in [0.717, 1.165) is 6.20 Å². The van der Waals surface area contributed by atoms with Crippen molar-refractivity contribution in [3.8, 4) is 6.07 Å². The Morgan fingerprint density at radius 3 is 2.48 bits per heavy atom. The minimum absolute atomic E-state index is 0.183. The first-order valence-corrected chi connectivity index (χ1v) is 7.11. The van der Waals surface area contributed by atoms with Crippen molar-refractivity contribution in [1.82, 2.24) is 15.4 Å². The lowest BCUT2D eigenvalue weighted by Crippen LogP contribution is -2.49. The number of halogens is 1. The fourth-order valence-electron chi connectivity index (χ4n) is 1.65. The second-order valence-electron chi connectivity index (χ2n) is 7.24. The first-order valence-electron chi connectivity index (χ1n) is 7.11. The van der Waals surface area contributed by atoms with Gasteiger partial charge in [0, 0.05) is 6.54 Å². The standard InChI is InChI=1S/C15H22FN5O2/c1-14(2,3)9-21(20-13(22)23-15(4,5)6)12-10(16)8-18-11(7-17)19-12/h8H,9H2,1-6H3,(H,20,22). The Balaban J connectivity index is 3.11. The molecule has 0 spiro atoms. The highest BCUT2D eigenvalue weighted by molar-refractivity contribution is 5.70. The van der Waals surface area contributed by atoms with E-state index in [4.69, 9.17) is 10.00 Å². The smallest absolute Gasteiger partial charge is 0.426 e. The van der Waals surface area contributed by atoms with Crippen LogP contribution in [0.15, 0.2) is 6.20 Å². The highest BCUT2D eigenvalue weighted by Crippen LogP contribution is 2.21. The van der Waals surface area contributed by atoms with Crippen molar-refractivity contribution in [3.63, 3.8) is 0 Å². The number of nitrogens with zero attached hydrogens (tertiary/aromatic N) is 4. The van der Waals surface area contributed by atoms with Crippen LogP contribution in [0.1, 0.15) is 47.4 Å². The SMILES string of the molecule is CC(C)(C)CN(NC(=O)OC(C)(C)C)c1nc(C#N)ncc1F. The zero-order chi connectivity index (χ0) is 17.8. The predicted molar refractivity (Wildman–Crippen MR) is 82.9 cm³/mol. The molecule has 1 amide bonds. The number of rotatable bonds is 3. The van der Waals surface area contributed by atoms with Gasteiger partial charge in [-0.05, 0) is 26.2 Å². The number of hydrogen-bond donors (Lipinski definition) is 1. The lowest BCUT2D eigenvalue weighted by molar-refractivity contribution is 0.0516. The molecule has 0 aliphatic carbocycles. The monoisotopic (exact) mass is 323 g/mol. The zero-order valence-corrected chi connectivity index (χ0v) is 14.3. The van der Waals surface area contributed by atoms with Gasteiger partial charge in [0.25, 0.3) is 0 Å². The third-order valence-corrected chi connectivity index (χ3v) is 2.34. The molecule has 1 aromatic rings. The summed E-state index contributed by atoms with van der Waals surface area (Å²) >= 11 is 0. The van der Waals surface area contributed by atoms with E-state index in [9.17, 15) is 9.18 Å². The maximum atomic E-state index is 14.1. The molecule has 0 aliphatic rings. The normalized spacial score (nSPS) is 11.6. The van der Waals surface area contributed by atoms with Crippen molar-refractivity contribution in [2.24, 2.45) is 5.41 Å². The second kappa shape index (κ2) is 6.77. The van der Waals surface area contributed by atoms with E-state index in [1.54, 1.807) is 26.8 Å². The van der Waals surface area contributed by atoms with Crippen molar-refractivity contribution in [2.75, 3.05) is 11.6 Å². The first-order chi connectivity index (χ1) is 10.4. The van der Waals surface area contributed by atoms with Gasteiger partial charge >= 0.3 is 6.09 Å². The number of carbonyl (C=O) groups is 1. The molecule has 1 aromatic heterocycles. The molecule has 0 saturated carbocycles. The summed E-state index contributed by atoms with van der Waals surface area (Å²) in [5, 5.41) is 10.1. The summed E-state index contributed by atoms with van der Waals surface area (Å²) in [6, 6.07) is 1.74. The average molecular weight is 323 g/mol. The molecule has 0 unspecified atom stereocenters. The van der Waals surface area contributed by atoms with Gasteiger partial charge in [0.15, 0.2) is 11.6 Å². The summed E-state index contributed by atoms with van der Waals surface area (Å²) in [6.07, 6.45) is 0.158. The Morgan fingerprint density at radius 2 is 2.00 bits per heavy atom. The molecule has 7 nitrogen and oxygen atoms in total. The summed E-state index contributed by atoms with van der Waals surface area (Å²) in [7, 11) is 0. The Morgan fingerprint density at radius 1 is 1.39 bits per heavy atom. The van der Waals surface area contributed by atoms with Gasteiger partial charge < -0.3 is 4.74 Å². The molecule has 8 heteroatoms. The molecule has 126 valence electrons. The molecule has 0 atom stereocenters. The van der Waals surface area contributed by atoms with E-state index in [1.807, 2.05) is 20.8 Å². The van der Waals surface area contributed by atoms with Crippen molar-refractivity contribution in [3.05, 3.63) is 17.8 Å². The molecular weight excluding hydrogens is 301 g/mol. The van der Waals surface area contributed by atoms with Crippen LogP contribution in [0.2, 0.25) is 0 Å². The molecule has 0 saturated heterocycles. The van der Waals surface area contributed by atoms with Crippen LogP contribution >= 0.6 is 0 Å². The van der Waals surface area contributed by atoms with Crippen LogP contribution < -0.4 is 10.4 Å². The molecule has 1 N–H and O–H groups in total. The van der Waals surface area contributed by atoms with E-state index < -0.39 is 17.5 Å². The van der Waals surface area contributed by atoms with E-state index in [2.05, 4.69) is 15.4 Å². The highest BCUT2D eigenvalue weighted by atomic mass is 19.1. The summed E-state index contributed by atoms with van der Waals surface area (Å²) in [5.41, 5.74) is 1.50. The van der Waals surface area contributed by atoms with E-state index in [-0.39, 0.29) is 23.6 Å². The number of ether oxygens (including phenoxy) is 1. The van der Waals surface area contributed by atoms with Crippen LogP contribution in [-0.4, -0.2) is 28.2 Å². The van der Waals surface area contributed by atoms with Gasteiger partial charge in [-0.25, -0.2) is 19.6 Å². The summed E-state index contributed by atoms with van der Waals surface area (Å²) in [6.45, 7) is 11.2. The fraction of sp³-hybridized carbons (Fsp3) is 0.600. The Kier molecular flexibility index (Phi) is 5.48. The number of anilines is 1. The van der Waals surface area contributed by atoms with Crippen LogP contribution in [0.5, 0.6) is 0 Å². The lowest BCUT2D eigenvalue weighted by atomic mass is 9.97. The molecular formula is C15H22FN5O2. The molecule has 0 radical (unpaired) electrons. The maximum Gasteiger partial charge on any atom is 0.426 e. The number of carbonyl (C=O) groups excluding carboxylic acids is 1. The fourth-order valence-corrected chi connectivity index (χ4v) is 1.65. The number of amides is 1. The maximum absolute atomic E-state index is 14.1. The van der Waals surface area contributed by atoms with Gasteiger partial charge in [0.05, 0.1) is 6.20 Å². The number of hydrazine groups is 1. The van der Waals surface area contributed by atoms with E-state index in [1.165, 1.54) is 5.01 Å². The van der Waals surface area contributed by atoms with Gasteiger partial charge in [0.1, 0.15) is 11.7 Å². The van der Waals surface area contributed by atoms with Crippen molar-refractivity contribution in [1.29, 1.82) is 5.26 Å². The van der Waals surface area contributed by atoms with Crippen LogP contribution in [0.25, 0.3) is 0 Å². The zero-order valence-electron chi connectivity index (χ0n) is 14.3. The summed E-state index contributed by atoms with van der Waals surface area (Å²) in [4.78, 5) is 19.4. The molecule has 0 bridgehead atoms. The Labute approximate surface area is 135 Å². The minimum Gasteiger partial charge on any atom is -0.443 e. The van der Waals surface area contributed by atoms with Crippen LogP contribution in [0, 0.1) is 22.6 Å². The molecule has 1 rings (SSSR count).